The molecule has 1 atom stereocenters. The molecule has 0 aliphatic carbocycles. The highest BCUT2D eigenvalue weighted by molar-refractivity contribution is 5.62. The first-order valence-corrected chi connectivity index (χ1v) is 10.2. The highest BCUT2D eigenvalue weighted by Crippen LogP contribution is 2.50. The van der Waals surface area contributed by atoms with Crippen molar-refractivity contribution in [2.24, 2.45) is 0 Å². The minimum Gasteiger partial charge on any atom is -0.493 e. The van der Waals surface area contributed by atoms with Gasteiger partial charge in [-0.1, -0.05) is 66.7 Å². The molecular formula is C26H25NO2. The number of para-hydroxylation sites is 1. The number of hydrogen-bond donors (Lipinski definition) is 0. The van der Waals surface area contributed by atoms with Crippen LogP contribution in [0, 0.1) is 0 Å². The fourth-order valence-electron chi connectivity index (χ4n) is 4.50. The van der Waals surface area contributed by atoms with E-state index < -0.39 is 0 Å². The van der Waals surface area contributed by atoms with Gasteiger partial charge in [0.25, 0.3) is 0 Å². The van der Waals surface area contributed by atoms with Crippen molar-refractivity contribution in [2.75, 3.05) is 26.7 Å². The van der Waals surface area contributed by atoms with Gasteiger partial charge in [-0.3, -0.25) is 4.90 Å². The van der Waals surface area contributed by atoms with Crippen LogP contribution in [0.1, 0.15) is 28.2 Å². The summed E-state index contributed by atoms with van der Waals surface area (Å²) in [6.45, 7) is 2.96. The topological polar surface area (TPSA) is 21.7 Å². The lowest BCUT2D eigenvalue weighted by Gasteiger charge is -2.31. The molecule has 146 valence electrons. The van der Waals surface area contributed by atoms with Gasteiger partial charge in [-0.15, -0.1) is 0 Å². The van der Waals surface area contributed by atoms with E-state index in [0.717, 1.165) is 43.3 Å². The Kier molecular flexibility index (Phi) is 4.82. The van der Waals surface area contributed by atoms with Crippen LogP contribution in [0.5, 0.6) is 17.2 Å². The van der Waals surface area contributed by atoms with Gasteiger partial charge in [-0.25, -0.2) is 0 Å². The van der Waals surface area contributed by atoms with Crippen molar-refractivity contribution < 1.29 is 9.47 Å². The van der Waals surface area contributed by atoms with Gasteiger partial charge >= 0.3 is 0 Å². The van der Waals surface area contributed by atoms with Gasteiger partial charge in [0.15, 0.2) is 11.5 Å². The van der Waals surface area contributed by atoms with E-state index in [1.54, 1.807) is 7.11 Å². The van der Waals surface area contributed by atoms with Gasteiger partial charge in [-0.05, 0) is 29.7 Å². The molecule has 2 aliphatic rings. The van der Waals surface area contributed by atoms with Crippen molar-refractivity contribution in [3.63, 3.8) is 0 Å². The summed E-state index contributed by atoms with van der Waals surface area (Å²) in [5, 5.41) is 0. The summed E-state index contributed by atoms with van der Waals surface area (Å²) in [7, 11) is 1.72. The van der Waals surface area contributed by atoms with E-state index in [4.69, 9.17) is 9.47 Å². The maximum absolute atomic E-state index is 6.32. The van der Waals surface area contributed by atoms with E-state index >= 15 is 0 Å². The highest BCUT2D eigenvalue weighted by Gasteiger charge is 2.34. The third-order valence-corrected chi connectivity index (χ3v) is 5.94. The predicted molar refractivity (Wildman–Crippen MR) is 117 cm³/mol. The molecule has 2 heterocycles. The molecule has 0 aromatic heterocycles. The molecule has 0 amide bonds. The number of rotatable bonds is 4. The first-order chi connectivity index (χ1) is 14.3. The Labute approximate surface area is 172 Å². The van der Waals surface area contributed by atoms with Crippen molar-refractivity contribution in [1.82, 2.24) is 4.90 Å². The van der Waals surface area contributed by atoms with Crippen LogP contribution in [0.2, 0.25) is 0 Å². The third-order valence-electron chi connectivity index (χ3n) is 5.94. The molecule has 1 unspecified atom stereocenters. The van der Waals surface area contributed by atoms with E-state index in [9.17, 15) is 0 Å². The van der Waals surface area contributed by atoms with Gasteiger partial charge in [0.1, 0.15) is 5.75 Å². The molecule has 3 aromatic rings. The van der Waals surface area contributed by atoms with E-state index in [-0.39, 0.29) is 0 Å². The lowest BCUT2D eigenvalue weighted by molar-refractivity contribution is 0.298. The molecule has 0 saturated carbocycles. The molecule has 0 bridgehead atoms. The molecule has 0 N–H and O–H groups in total. The van der Waals surface area contributed by atoms with Crippen molar-refractivity contribution in [3.8, 4) is 17.2 Å². The van der Waals surface area contributed by atoms with Gasteiger partial charge in [0.2, 0.25) is 0 Å². The summed E-state index contributed by atoms with van der Waals surface area (Å²) in [4.78, 5) is 2.54. The molecule has 0 saturated heterocycles. The number of fused-ring (bicyclic) bond motifs is 2. The summed E-state index contributed by atoms with van der Waals surface area (Å²) >= 11 is 0. The second kappa shape index (κ2) is 7.76. The Morgan fingerprint density at radius 3 is 2.72 bits per heavy atom. The van der Waals surface area contributed by atoms with Crippen molar-refractivity contribution in [2.45, 2.75) is 12.3 Å². The Balaban J connectivity index is 1.47. The van der Waals surface area contributed by atoms with Crippen LogP contribution >= 0.6 is 0 Å². The van der Waals surface area contributed by atoms with Gasteiger partial charge in [-0.2, -0.15) is 0 Å². The molecule has 0 radical (unpaired) electrons. The second-order valence-corrected chi connectivity index (χ2v) is 7.68. The summed E-state index contributed by atoms with van der Waals surface area (Å²) in [5.74, 6) is 2.96. The zero-order valence-corrected chi connectivity index (χ0v) is 16.7. The van der Waals surface area contributed by atoms with Crippen molar-refractivity contribution >= 4 is 6.08 Å². The van der Waals surface area contributed by atoms with Crippen LogP contribution < -0.4 is 9.47 Å². The van der Waals surface area contributed by atoms with E-state index in [1.165, 1.54) is 22.3 Å². The van der Waals surface area contributed by atoms with Gasteiger partial charge in [0.05, 0.1) is 7.11 Å². The summed E-state index contributed by atoms with van der Waals surface area (Å²) < 4.78 is 11.9. The summed E-state index contributed by atoms with van der Waals surface area (Å²) in [6.07, 6.45) is 5.51. The molecule has 2 aliphatic heterocycles. The number of benzene rings is 3. The van der Waals surface area contributed by atoms with Crippen LogP contribution in [-0.2, 0) is 6.42 Å². The van der Waals surface area contributed by atoms with E-state index in [2.05, 4.69) is 71.6 Å². The maximum Gasteiger partial charge on any atom is 0.173 e. The quantitative estimate of drug-likeness (QED) is 0.593. The zero-order valence-electron chi connectivity index (χ0n) is 16.7. The van der Waals surface area contributed by atoms with Gasteiger partial charge in [0, 0.05) is 36.7 Å². The first kappa shape index (κ1) is 18.0. The second-order valence-electron chi connectivity index (χ2n) is 7.68. The van der Waals surface area contributed by atoms with Crippen molar-refractivity contribution in [3.05, 3.63) is 95.1 Å². The molecule has 29 heavy (non-hydrogen) atoms. The number of nitrogens with zero attached hydrogens (tertiary/aromatic N) is 1. The first-order valence-electron chi connectivity index (χ1n) is 10.2. The number of hydrogen-bond acceptors (Lipinski definition) is 3. The van der Waals surface area contributed by atoms with E-state index in [1.807, 2.05) is 12.1 Å². The fraction of sp³-hybridized carbons (Fsp3) is 0.231. The highest BCUT2D eigenvalue weighted by atomic mass is 16.5. The average molecular weight is 383 g/mol. The van der Waals surface area contributed by atoms with Crippen LogP contribution in [0.4, 0.5) is 0 Å². The number of methoxy groups -OCH3 is 1. The lowest BCUT2D eigenvalue weighted by Crippen LogP contribution is -2.29. The molecule has 3 nitrogen and oxygen atoms in total. The zero-order chi connectivity index (χ0) is 19.6. The summed E-state index contributed by atoms with van der Waals surface area (Å²) in [5.41, 5.74) is 5.19. The minimum absolute atomic E-state index is 0.299. The summed E-state index contributed by atoms with van der Waals surface area (Å²) in [6, 6.07) is 23.2. The van der Waals surface area contributed by atoms with Crippen LogP contribution in [0.15, 0.2) is 72.8 Å². The predicted octanol–water partition coefficient (Wildman–Crippen LogP) is 5.50. The molecule has 5 rings (SSSR count). The molecule has 0 fully saturated rings. The largest absolute Gasteiger partial charge is 0.493 e. The van der Waals surface area contributed by atoms with Gasteiger partial charge < -0.3 is 9.47 Å². The van der Waals surface area contributed by atoms with Crippen LogP contribution in [0.25, 0.3) is 6.08 Å². The standard InChI is InChI=1S/C26H25NO2/c1-28-24-14-13-20-15-17-27(16-7-10-19-8-3-2-4-9-19)18-22-21-11-5-6-12-23(21)29-26(24)25(20)22/h2-14,22H,15-18H2,1H3/b10-7+. The van der Waals surface area contributed by atoms with Crippen LogP contribution in [-0.4, -0.2) is 31.6 Å². The molecule has 0 spiro atoms. The smallest absolute Gasteiger partial charge is 0.173 e. The molecule has 3 aromatic carbocycles. The average Bonchev–Trinajstić information content (AvgIpc) is 2.96. The number of ether oxygens (including phenoxy) is 2. The molecule has 3 heteroatoms. The SMILES string of the molecule is COc1ccc2c3c1Oc1ccccc1C3CN(C/C=C/c1ccccc1)CC2. The van der Waals surface area contributed by atoms with Crippen LogP contribution in [0.3, 0.4) is 0 Å². The van der Waals surface area contributed by atoms with Crippen molar-refractivity contribution in [1.29, 1.82) is 0 Å². The Morgan fingerprint density at radius 1 is 1.03 bits per heavy atom. The Hall–Kier alpha value is -3.04. The third kappa shape index (κ3) is 3.43. The van der Waals surface area contributed by atoms with E-state index in [0.29, 0.717) is 5.92 Å². The normalized spacial score (nSPS) is 17.9. The maximum atomic E-state index is 6.32. The minimum atomic E-state index is 0.299. The molecular weight excluding hydrogens is 358 g/mol. The lowest BCUT2D eigenvalue weighted by atomic mass is 9.85. The Bertz CT molecular complexity index is 1040. The Morgan fingerprint density at radius 2 is 1.86 bits per heavy atom. The fourth-order valence-corrected chi connectivity index (χ4v) is 4.50. The monoisotopic (exact) mass is 383 g/mol.